The molecule has 244 valence electrons. The molecule has 17 nitrogen and oxygen atoms in total. The molecule has 0 aromatic rings. The van der Waals surface area contributed by atoms with E-state index in [1.165, 1.54) is 0 Å². The molecule has 1 aliphatic heterocycles. The number of carboxylic acid groups (broad SMARTS) is 2. The molecule has 0 unspecified atom stereocenters. The summed E-state index contributed by atoms with van der Waals surface area (Å²) in [6.07, 6.45) is 3.04. The van der Waals surface area contributed by atoms with Crippen LogP contribution in [-0.2, 0) is 33.6 Å². The molecule has 1 rings (SSSR count). The molecule has 0 spiro atoms. The van der Waals surface area contributed by atoms with Crippen LogP contribution in [0.3, 0.4) is 0 Å². The summed E-state index contributed by atoms with van der Waals surface area (Å²) in [4.78, 5) is 85.4. The third-order valence-corrected chi connectivity index (χ3v) is 6.68. The van der Waals surface area contributed by atoms with E-state index in [1.54, 1.807) is 0 Å². The molecule has 17 heteroatoms. The summed E-state index contributed by atoms with van der Waals surface area (Å²) in [6, 6.07) is -4.05. The first-order chi connectivity index (χ1) is 20.5. The van der Waals surface area contributed by atoms with Crippen molar-refractivity contribution in [3.63, 3.8) is 0 Å². The monoisotopic (exact) mass is 614 g/mol. The summed E-state index contributed by atoms with van der Waals surface area (Å²) >= 11 is 0. The number of carboxylic acids is 2. The van der Waals surface area contributed by atoms with E-state index < -0.39 is 66.7 Å². The van der Waals surface area contributed by atoms with Crippen LogP contribution < -0.4 is 43.4 Å². The van der Waals surface area contributed by atoms with Crippen LogP contribution in [0.25, 0.3) is 0 Å². The number of nitrogens with one attached hydrogen (secondary N) is 6. The van der Waals surface area contributed by atoms with Gasteiger partial charge in [-0.05, 0) is 77.4 Å². The van der Waals surface area contributed by atoms with Crippen LogP contribution in [0.15, 0.2) is 0 Å². The fraction of sp³-hybridized carbons (Fsp3) is 0.731. The molecule has 0 aromatic carbocycles. The minimum atomic E-state index is -1.38. The Morgan fingerprint density at radius 1 is 0.721 bits per heavy atom. The lowest BCUT2D eigenvalue weighted by Gasteiger charge is -2.22. The van der Waals surface area contributed by atoms with Crippen LogP contribution in [-0.4, -0.2) is 109 Å². The van der Waals surface area contributed by atoms with Gasteiger partial charge in [0, 0.05) is 6.42 Å². The molecule has 1 aliphatic rings. The highest BCUT2D eigenvalue weighted by Gasteiger charge is 2.28. The highest BCUT2D eigenvalue weighted by molar-refractivity contribution is 5.94. The second kappa shape index (κ2) is 21.0. The number of rotatable bonds is 22. The summed E-state index contributed by atoms with van der Waals surface area (Å²) in [7, 11) is 0. The molecule has 43 heavy (non-hydrogen) atoms. The SMILES string of the molecule is NCCCC[C@H](NC(=O)[C@H](CCC(=O)O)NC(=O)CNC(=O)[C@H](CCCCN)NC(=O)CNC(=O)[C@@H]1CCCN1)C(=O)O. The average molecular weight is 615 g/mol. The average Bonchev–Trinajstić information content (AvgIpc) is 3.51. The molecule has 12 N–H and O–H groups in total. The third-order valence-electron chi connectivity index (χ3n) is 6.68. The van der Waals surface area contributed by atoms with Gasteiger partial charge < -0.3 is 53.6 Å². The second-order valence-electron chi connectivity index (χ2n) is 10.2. The van der Waals surface area contributed by atoms with E-state index in [2.05, 4.69) is 31.9 Å². The van der Waals surface area contributed by atoms with Crippen LogP contribution in [0.2, 0.25) is 0 Å². The van der Waals surface area contributed by atoms with Crippen molar-refractivity contribution < 1.29 is 43.8 Å². The Morgan fingerprint density at radius 3 is 1.79 bits per heavy atom. The Balaban J connectivity index is 2.74. The van der Waals surface area contributed by atoms with E-state index in [0.717, 1.165) is 6.42 Å². The molecule has 1 fully saturated rings. The molecule has 4 atom stereocenters. The van der Waals surface area contributed by atoms with Crippen molar-refractivity contribution in [2.45, 2.75) is 88.4 Å². The van der Waals surface area contributed by atoms with Gasteiger partial charge in [-0.15, -0.1) is 0 Å². The van der Waals surface area contributed by atoms with Gasteiger partial charge >= 0.3 is 11.9 Å². The predicted molar refractivity (Wildman–Crippen MR) is 153 cm³/mol. The molecule has 0 aliphatic carbocycles. The van der Waals surface area contributed by atoms with E-state index in [0.29, 0.717) is 51.7 Å². The van der Waals surface area contributed by atoms with E-state index in [9.17, 15) is 38.7 Å². The summed E-state index contributed by atoms with van der Waals surface area (Å²) < 4.78 is 0. The number of amides is 5. The van der Waals surface area contributed by atoms with Gasteiger partial charge in [-0.3, -0.25) is 28.8 Å². The number of nitrogens with two attached hydrogens (primary N) is 2. The Kier molecular flexibility index (Phi) is 18.1. The second-order valence-corrected chi connectivity index (χ2v) is 10.2. The summed E-state index contributed by atoms with van der Waals surface area (Å²) in [5.74, 6) is -5.86. The zero-order chi connectivity index (χ0) is 32.2. The molecule has 5 amide bonds. The summed E-state index contributed by atoms with van der Waals surface area (Å²) in [6.45, 7) is 0.467. The molecule has 0 aromatic heterocycles. The Labute approximate surface area is 250 Å². The van der Waals surface area contributed by atoms with E-state index in [-0.39, 0.29) is 37.8 Å². The van der Waals surface area contributed by atoms with Crippen molar-refractivity contribution in [2.75, 3.05) is 32.7 Å². The normalized spacial score (nSPS) is 16.3. The van der Waals surface area contributed by atoms with Crippen molar-refractivity contribution in [1.82, 2.24) is 31.9 Å². The Hall–Kier alpha value is -3.83. The standard InChI is InChI=1S/C26H46N8O9/c27-11-3-1-6-17(32-20(35)14-30-23(39)16-8-5-13-29-16)24(40)31-15-21(36)33-18(9-10-22(37)38)25(41)34-19(26(42)43)7-2-4-12-28/h16-19,29H,1-15,27-28H2,(H,30,39)(H,31,40)(H,32,35)(H,33,36)(H,34,41)(H,37,38)(H,42,43)/t16-,17-,18-,19-/m0/s1. The number of hydrogen-bond donors (Lipinski definition) is 10. The van der Waals surface area contributed by atoms with E-state index in [1.807, 2.05) is 0 Å². The fourth-order valence-corrected chi connectivity index (χ4v) is 4.30. The highest BCUT2D eigenvalue weighted by Crippen LogP contribution is 2.06. The number of carbonyl (C=O) groups excluding carboxylic acids is 5. The van der Waals surface area contributed by atoms with Crippen molar-refractivity contribution >= 4 is 41.5 Å². The van der Waals surface area contributed by atoms with Crippen LogP contribution in [0.5, 0.6) is 0 Å². The summed E-state index contributed by atoms with van der Waals surface area (Å²) in [5, 5.41) is 33.5. The minimum absolute atomic E-state index is 0.0896. The van der Waals surface area contributed by atoms with Crippen molar-refractivity contribution in [1.29, 1.82) is 0 Å². The first-order valence-electron chi connectivity index (χ1n) is 14.5. The molecule has 0 bridgehead atoms. The largest absolute Gasteiger partial charge is 0.481 e. The smallest absolute Gasteiger partial charge is 0.326 e. The highest BCUT2D eigenvalue weighted by atomic mass is 16.4. The fourth-order valence-electron chi connectivity index (χ4n) is 4.30. The van der Waals surface area contributed by atoms with E-state index >= 15 is 0 Å². The third kappa shape index (κ3) is 15.8. The number of aliphatic carboxylic acids is 2. The van der Waals surface area contributed by atoms with Gasteiger partial charge in [0.2, 0.25) is 29.5 Å². The van der Waals surface area contributed by atoms with Gasteiger partial charge in [-0.2, -0.15) is 0 Å². The van der Waals surface area contributed by atoms with Gasteiger partial charge in [0.05, 0.1) is 19.1 Å². The van der Waals surface area contributed by atoms with Crippen LogP contribution >= 0.6 is 0 Å². The van der Waals surface area contributed by atoms with Crippen LogP contribution in [0.4, 0.5) is 0 Å². The zero-order valence-corrected chi connectivity index (χ0v) is 24.3. The molecular weight excluding hydrogens is 568 g/mol. The van der Waals surface area contributed by atoms with E-state index in [4.69, 9.17) is 16.6 Å². The minimum Gasteiger partial charge on any atom is -0.481 e. The van der Waals surface area contributed by atoms with Crippen LogP contribution in [0.1, 0.15) is 64.2 Å². The van der Waals surface area contributed by atoms with Gasteiger partial charge in [-0.1, -0.05) is 0 Å². The van der Waals surface area contributed by atoms with Gasteiger partial charge in [-0.25, -0.2) is 4.79 Å². The lowest BCUT2D eigenvalue weighted by molar-refractivity contribution is -0.143. The molecule has 1 saturated heterocycles. The first kappa shape index (κ1) is 37.2. The predicted octanol–water partition coefficient (Wildman–Crippen LogP) is -3.37. The lowest BCUT2D eigenvalue weighted by Crippen LogP contribution is -2.54. The van der Waals surface area contributed by atoms with Crippen molar-refractivity contribution in [3.8, 4) is 0 Å². The maximum absolute atomic E-state index is 12.8. The molecular formula is C26H46N8O9. The number of unbranched alkanes of at least 4 members (excludes halogenated alkanes) is 2. The Morgan fingerprint density at radius 2 is 1.28 bits per heavy atom. The molecule has 1 heterocycles. The molecule has 0 saturated carbocycles. The topological polar surface area (TPSA) is 284 Å². The van der Waals surface area contributed by atoms with Gasteiger partial charge in [0.15, 0.2) is 0 Å². The maximum Gasteiger partial charge on any atom is 0.326 e. The quantitative estimate of drug-likeness (QED) is 0.0535. The zero-order valence-electron chi connectivity index (χ0n) is 24.3. The lowest BCUT2D eigenvalue weighted by atomic mass is 10.1. The van der Waals surface area contributed by atoms with Crippen molar-refractivity contribution in [3.05, 3.63) is 0 Å². The number of carbonyl (C=O) groups is 7. The summed E-state index contributed by atoms with van der Waals surface area (Å²) in [5.41, 5.74) is 10.9. The van der Waals surface area contributed by atoms with Crippen molar-refractivity contribution in [2.24, 2.45) is 11.5 Å². The van der Waals surface area contributed by atoms with Gasteiger partial charge in [0.25, 0.3) is 0 Å². The molecule has 0 radical (unpaired) electrons. The van der Waals surface area contributed by atoms with Gasteiger partial charge in [0.1, 0.15) is 18.1 Å². The Bertz CT molecular complexity index is 959. The first-order valence-corrected chi connectivity index (χ1v) is 14.5. The van der Waals surface area contributed by atoms with Crippen LogP contribution in [0, 0.1) is 0 Å². The maximum atomic E-state index is 12.8. The number of hydrogen-bond acceptors (Lipinski definition) is 10.